The summed E-state index contributed by atoms with van der Waals surface area (Å²) >= 11 is 0. The third kappa shape index (κ3) is 3.57. The molecule has 0 bridgehead atoms. The van der Waals surface area contributed by atoms with E-state index in [1.165, 1.54) is 4.90 Å². The predicted octanol–water partition coefficient (Wildman–Crippen LogP) is 1.46. The van der Waals surface area contributed by atoms with E-state index < -0.39 is 18.1 Å². The third-order valence-electron chi connectivity index (χ3n) is 3.71. The molecule has 6 heteroatoms. The molecule has 1 aliphatic rings. The SMILES string of the molecule is CCC(Oc1ccccc1C)C(=O)N1CCOCC1C(=O)O. The van der Waals surface area contributed by atoms with Crippen LogP contribution in [0, 0.1) is 6.92 Å². The lowest BCUT2D eigenvalue weighted by atomic mass is 10.1. The highest BCUT2D eigenvalue weighted by molar-refractivity contribution is 5.87. The summed E-state index contributed by atoms with van der Waals surface area (Å²) in [6, 6.07) is 6.50. The number of para-hydroxylation sites is 1. The van der Waals surface area contributed by atoms with Crippen LogP contribution in [0.15, 0.2) is 24.3 Å². The van der Waals surface area contributed by atoms with Crippen molar-refractivity contribution < 1.29 is 24.2 Å². The Morgan fingerprint density at radius 3 is 2.82 bits per heavy atom. The first-order valence-corrected chi connectivity index (χ1v) is 7.38. The van der Waals surface area contributed by atoms with Gasteiger partial charge < -0.3 is 19.5 Å². The summed E-state index contributed by atoms with van der Waals surface area (Å²) < 4.78 is 11.0. The lowest BCUT2D eigenvalue weighted by Crippen LogP contribution is -2.56. The van der Waals surface area contributed by atoms with Crippen LogP contribution in [0.2, 0.25) is 0 Å². The molecule has 0 radical (unpaired) electrons. The van der Waals surface area contributed by atoms with Crippen LogP contribution in [-0.2, 0) is 14.3 Å². The number of amides is 1. The summed E-state index contributed by atoms with van der Waals surface area (Å²) in [5.41, 5.74) is 0.936. The van der Waals surface area contributed by atoms with Crippen LogP contribution in [0.3, 0.4) is 0 Å². The Hall–Kier alpha value is -2.08. The zero-order chi connectivity index (χ0) is 16.1. The molecule has 0 aliphatic carbocycles. The number of hydrogen-bond acceptors (Lipinski definition) is 4. The van der Waals surface area contributed by atoms with Crippen molar-refractivity contribution in [1.82, 2.24) is 4.90 Å². The monoisotopic (exact) mass is 307 g/mol. The number of benzene rings is 1. The number of hydrogen-bond donors (Lipinski definition) is 1. The standard InChI is InChI=1S/C16H21NO5/c1-3-13(22-14-7-5-4-6-11(14)2)15(18)17-8-9-21-10-12(17)16(19)20/h4-7,12-13H,3,8-10H2,1-2H3,(H,19,20). The minimum absolute atomic E-state index is 0.0157. The summed E-state index contributed by atoms with van der Waals surface area (Å²) in [6.07, 6.45) is -0.224. The lowest BCUT2D eigenvalue weighted by molar-refractivity contribution is -0.161. The van der Waals surface area contributed by atoms with E-state index in [-0.39, 0.29) is 19.1 Å². The molecule has 0 aromatic heterocycles. The topological polar surface area (TPSA) is 76.1 Å². The molecule has 1 amide bonds. The average molecular weight is 307 g/mol. The predicted molar refractivity (Wildman–Crippen MR) is 79.8 cm³/mol. The molecule has 2 unspecified atom stereocenters. The van der Waals surface area contributed by atoms with Crippen LogP contribution < -0.4 is 4.74 Å². The Kier molecular flexibility index (Phi) is 5.38. The number of carbonyl (C=O) groups excluding carboxylic acids is 1. The molecule has 1 heterocycles. The third-order valence-corrected chi connectivity index (χ3v) is 3.71. The maximum atomic E-state index is 12.6. The van der Waals surface area contributed by atoms with Crippen molar-refractivity contribution in [2.24, 2.45) is 0 Å². The Morgan fingerprint density at radius 1 is 1.45 bits per heavy atom. The first-order chi connectivity index (χ1) is 10.5. The first-order valence-electron chi connectivity index (χ1n) is 7.38. The van der Waals surface area contributed by atoms with Crippen molar-refractivity contribution in [2.45, 2.75) is 32.4 Å². The van der Waals surface area contributed by atoms with Gasteiger partial charge in [0, 0.05) is 6.54 Å². The van der Waals surface area contributed by atoms with E-state index in [9.17, 15) is 14.7 Å². The zero-order valence-corrected chi connectivity index (χ0v) is 12.8. The summed E-state index contributed by atoms with van der Waals surface area (Å²) in [5.74, 6) is -0.719. The molecule has 0 spiro atoms. The van der Waals surface area contributed by atoms with Gasteiger partial charge in [0.2, 0.25) is 0 Å². The van der Waals surface area contributed by atoms with Gasteiger partial charge in [0.25, 0.3) is 5.91 Å². The minimum atomic E-state index is -1.06. The van der Waals surface area contributed by atoms with Crippen LogP contribution in [0.25, 0.3) is 0 Å². The smallest absolute Gasteiger partial charge is 0.328 e. The zero-order valence-electron chi connectivity index (χ0n) is 12.8. The molecule has 120 valence electrons. The number of rotatable bonds is 5. The lowest BCUT2D eigenvalue weighted by Gasteiger charge is -2.35. The number of carbonyl (C=O) groups is 2. The normalized spacial score (nSPS) is 19.5. The highest BCUT2D eigenvalue weighted by Gasteiger charge is 2.36. The Balaban J connectivity index is 2.14. The van der Waals surface area contributed by atoms with E-state index in [4.69, 9.17) is 9.47 Å². The fourth-order valence-corrected chi connectivity index (χ4v) is 2.41. The van der Waals surface area contributed by atoms with Gasteiger partial charge in [-0.1, -0.05) is 25.1 Å². The molecule has 2 atom stereocenters. The van der Waals surface area contributed by atoms with Crippen molar-refractivity contribution in [2.75, 3.05) is 19.8 Å². The minimum Gasteiger partial charge on any atom is -0.480 e. The molecular formula is C16H21NO5. The molecule has 1 aromatic carbocycles. The quantitative estimate of drug-likeness (QED) is 0.891. The van der Waals surface area contributed by atoms with Gasteiger partial charge in [0.1, 0.15) is 5.75 Å². The second kappa shape index (κ2) is 7.26. The number of nitrogens with zero attached hydrogens (tertiary/aromatic N) is 1. The fourth-order valence-electron chi connectivity index (χ4n) is 2.41. The molecule has 1 N–H and O–H groups in total. The van der Waals surface area contributed by atoms with E-state index in [0.717, 1.165) is 5.56 Å². The van der Waals surface area contributed by atoms with E-state index >= 15 is 0 Å². The number of carboxylic acid groups (broad SMARTS) is 1. The van der Waals surface area contributed by atoms with Crippen molar-refractivity contribution in [3.05, 3.63) is 29.8 Å². The van der Waals surface area contributed by atoms with E-state index in [1.807, 2.05) is 32.0 Å². The van der Waals surface area contributed by atoms with E-state index in [2.05, 4.69) is 0 Å². The molecular weight excluding hydrogens is 286 g/mol. The second-order valence-corrected chi connectivity index (χ2v) is 5.24. The Morgan fingerprint density at radius 2 is 2.18 bits per heavy atom. The average Bonchev–Trinajstić information content (AvgIpc) is 2.53. The van der Waals surface area contributed by atoms with E-state index in [1.54, 1.807) is 6.07 Å². The van der Waals surface area contributed by atoms with Gasteiger partial charge in [-0.05, 0) is 25.0 Å². The number of carboxylic acids is 1. The highest BCUT2D eigenvalue weighted by atomic mass is 16.5. The summed E-state index contributed by atoms with van der Waals surface area (Å²) in [7, 11) is 0. The number of ether oxygens (including phenoxy) is 2. The van der Waals surface area contributed by atoms with Crippen molar-refractivity contribution in [3.8, 4) is 5.75 Å². The second-order valence-electron chi connectivity index (χ2n) is 5.24. The van der Waals surface area contributed by atoms with Crippen molar-refractivity contribution in [3.63, 3.8) is 0 Å². The summed E-state index contributed by atoms with van der Waals surface area (Å²) in [4.78, 5) is 25.3. The van der Waals surface area contributed by atoms with Crippen molar-refractivity contribution >= 4 is 11.9 Å². The first kappa shape index (κ1) is 16.3. The largest absolute Gasteiger partial charge is 0.480 e. The van der Waals surface area contributed by atoms with Gasteiger partial charge in [-0.3, -0.25) is 4.79 Å². The van der Waals surface area contributed by atoms with Gasteiger partial charge in [-0.25, -0.2) is 4.79 Å². The molecule has 0 saturated carbocycles. The summed E-state index contributed by atoms with van der Waals surface area (Å²) in [5, 5.41) is 9.23. The van der Waals surface area contributed by atoms with Gasteiger partial charge >= 0.3 is 5.97 Å². The molecule has 2 rings (SSSR count). The van der Waals surface area contributed by atoms with Crippen LogP contribution in [0.1, 0.15) is 18.9 Å². The van der Waals surface area contributed by atoms with Gasteiger partial charge in [-0.2, -0.15) is 0 Å². The number of aryl methyl sites for hydroxylation is 1. The van der Waals surface area contributed by atoms with Crippen molar-refractivity contribution in [1.29, 1.82) is 0 Å². The Labute approximate surface area is 129 Å². The molecule has 1 aliphatic heterocycles. The summed E-state index contributed by atoms with van der Waals surface area (Å²) in [6.45, 7) is 4.38. The van der Waals surface area contributed by atoms with E-state index in [0.29, 0.717) is 18.8 Å². The number of aliphatic carboxylic acids is 1. The maximum absolute atomic E-state index is 12.6. The highest BCUT2D eigenvalue weighted by Crippen LogP contribution is 2.20. The molecule has 1 saturated heterocycles. The van der Waals surface area contributed by atoms with Gasteiger partial charge in [0.05, 0.1) is 13.2 Å². The molecule has 1 fully saturated rings. The van der Waals surface area contributed by atoms with Gasteiger partial charge in [-0.15, -0.1) is 0 Å². The maximum Gasteiger partial charge on any atom is 0.328 e. The van der Waals surface area contributed by atoms with Crippen LogP contribution >= 0.6 is 0 Å². The van der Waals surface area contributed by atoms with Crippen LogP contribution in [0.4, 0.5) is 0 Å². The molecule has 1 aromatic rings. The van der Waals surface area contributed by atoms with Gasteiger partial charge in [0.15, 0.2) is 12.1 Å². The molecule has 6 nitrogen and oxygen atoms in total. The number of morpholine rings is 1. The van der Waals surface area contributed by atoms with Crippen LogP contribution in [0.5, 0.6) is 5.75 Å². The Bertz CT molecular complexity index is 545. The fraction of sp³-hybridized carbons (Fsp3) is 0.500. The molecule has 22 heavy (non-hydrogen) atoms. The van der Waals surface area contributed by atoms with Crippen LogP contribution in [-0.4, -0.2) is 53.8 Å².